The van der Waals surface area contributed by atoms with E-state index in [4.69, 9.17) is 0 Å². The van der Waals surface area contributed by atoms with E-state index in [1.807, 2.05) is 24.0 Å². The Morgan fingerprint density at radius 3 is 1.97 bits per heavy atom. The number of aromatic nitrogens is 2. The second kappa shape index (κ2) is 10.9. The summed E-state index contributed by atoms with van der Waals surface area (Å²) in [7, 11) is 0. The standard InChI is InChI=1S/C27H30N4O2S/c1-19-25(20(2)32)27(29-21(3)28-19)34-18-24(33)30-14-16-31(17-15-30)26(22-10-6-4-7-11-22)23-12-8-5-9-13-23/h4-13,26H,14-18H2,1-3H3. The fourth-order valence-electron chi connectivity index (χ4n) is 4.53. The molecule has 0 N–H and O–H groups in total. The van der Waals surface area contributed by atoms with Gasteiger partial charge < -0.3 is 4.90 Å². The van der Waals surface area contributed by atoms with E-state index < -0.39 is 0 Å². The van der Waals surface area contributed by atoms with Crippen LogP contribution in [-0.2, 0) is 4.79 Å². The van der Waals surface area contributed by atoms with Crippen molar-refractivity contribution in [1.29, 1.82) is 0 Å². The highest BCUT2D eigenvalue weighted by Crippen LogP contribution is 2.30. The van der Waals surface area contributed by atoms with Crippen molar-refractivity contribution >= 4 is 23.5 Å². The summed E-state index contributed by atoms with van der Waals surface area (Å²) in [5.41, 5.74) is 3.70. The Morgan fingerprint density at radius 2 is 1.44 bits per heavy atom. The molecular formula is C27H30N4O2S. The molecule has 1 fully saturated rings. The summed E-state index contributed by atoms with van der Waals surface area (Å²) in [5, 5.41) is 0.595. The molecule has 0 saturated carbocycles. The SMILES string of the molecule is CC(=O)c1c(C)nc(C)nc1SCC(=O)N1CCN(C(c2ccccc2)c2ccccc2)CC1. The van der Waals surface area contributed by atoms with E-state index in [0.717, 1.165) is 13.1 Å². The van der Waals surface area contributed by atoms with Crippen LogP contribution in [0.1, 0.15) is 46.0 Å². The smallest absolute Gasteiger partial charge is 0.233 e. The second-order valence-corrected chi connectivity index (χ2v) is 9.49. The molecule has 6 nitrogen and oxygen atoms in total. The molecule has 4 rings (SSSR count). The molecule has 0 unspecified atom stereocenters. The third kappa shape index (κ3) is 5.54. The van der Waals surface area contributed by atoms with Crippen LogP contribution in [0, 0.1) is 13.8 Å². The number of carbonyl (C=O) groups is 2. The van der Waals surface area contributed by atoms with E-state index in [-0.39, 0.29) is 23.5 Å². The molecule has 1 amide bonds. The minimum atomic E-state index is -0.0751. The third-order valence-electron chi connectivity index (χ3n) is 6.12. The van der Waals surface area contributed by atoms with Crippen LogP contribution in [-0.4, -0.2) is 63.4 Å². The summed E-state index contributed by atoms with van der Waals surface area (Å²) in [4.78, 5) is 38.2. The number of aryl methyl sites for hydroxylation is 2. The van der Waals surface area contributed by atoms with Crippen LogP contribution < -0.4 is 0 Å². The predicted molar refractivity (Wildman–Crippen MR) is 135 cm³/mol. The summed E-state index contributed by atoms with van der Waals surface area (Å²) >= 11 is 1.33. The van der Waals surface area contributed by atoms with Gasteiger partial charge in [0, 0.05) is 26.2 Å². The first kappa shape index (κ1) is 24.1. The zero-order valence-electron chi connectivity index (χ0n) is 19.9. The second-order valence-electron chi connectivity index (χ2n) is 8.52. The minimum Gasteiger partial charge on any atom is -0.339 e. The van der Waals surface area contributed by atoms with Gasteiger partial charge in [0.25, 0.3) is 0 Å². The Balaban J connectivity index is 1.41. The molecule has 34 heavy (non-hydrogen) atoms. The van der Waals surface area contributed by atoms with Crippen LogP contribution in [0.3, 0.4) is 0 Å². The molecule has 7 heteroatoms. The van der Waals surface area contributed by atoms with Crippen LogP contribution >= 0.6 is 11.8 Å². The molecule has 1 saturated heterocycles. The van der Waals surface area contributed by atoms with Gasteiger partial charge in [0.2, 0.25) is 5.91 Å². The van der Waals surface area contributed by atoms with Gasteiger partial charge in [0.05, 0.1) is 23.1 Å². The van der Waals surface area contributed by atoms with Crippen molar-refractivity contribution in [2.75, 3.05) is 31.9 Å². The molecule has 0 spiro atoms. The summed E-state index contributed by atoms with van der Waals surface area (Å²) in [6, 6.07) is 21.2. The van der Waals surface area contributed by atoms with E-state index in [0.29, 0.717) is 35.2 Å². The fraction of sp³-hybridized carbons (Fsp3) is 0.333. The number of amides is 1. The molecule has 0 radical (unpaired) electrons. The Labute approximate surface area is 205 Å². The van der Waals surface area contributed by atoms with Crippen molar-refractivity contribution < 1.29 is 9.59 Å². The first-order valence-electron chi connectivity index (χ1n) is 11.5. The Hall–Kier alpha value is -3.03. The Bertz CT molecular complexity index is 1110. The molecule has 1 aliphatic rings. The summed E-state index contributed by atoms with van der Waals surface area (Å²) in [5.74, 6) is 0.869. The number of nitrogens with zero attached hydrogens (tertiary/aromatic N) is 4. The number of benzene rings is 2. The lowest BCUT2D eigenvalue weighted by Gasteiger charge is -2.39. The molecule has 0 atom stereocenters. The zero-order chi connectivity index (χ0) is 24.1. The molecule has 3 aromatic rings. The van der Waals surface area contributed by atoms with Crippen LogP contribution in [0.4, 0.5) is 0 Å². The van der Waals surface area contributed by atoms with Gasteiger partial charge in [0.15, 0.2) is 5.78 Å². The average Bonchev–Trinajstić information content (AvgIpc) is 2.84. The van der Waals surface area contributed by atoms with Gasteiger partial charge in [-0.2, -0.15) is 0 Å². The Morgan fingerprint density at radius 1 is 0.882 bits per heavy atom. The van der Waals surface area contributed by atoms with Crippen LogP contribution in [0.25, 0.3) is 0 Å². The number of hydrogen-bond acceptors (Lipinski definition) is 6. The fourth-order valence-corrected chi connectivity index (χ4v) is 5.60. The van der Waals surface area contributed by atoms with Gasteiger partial charge in [-0.1, -0.05) is 72.4 Å². The van der Waals surface area contributed by atoms with E-state index in [9.17, 15) is 9.59 Å². The Kier molecular flexibility index (Phi) is 7.75. The van der Waals surface area contributed by atoms with Crippen LogP contribution in [0.2, 0.25) is 0 Å². The molecule has 0 bridgehead atoms. The highest BCUT2D eigenvalue weighted by molar-refractivity contribution is 8.00. The topological polar surface area (TPSA) is 66.4 Å². The number of carbonyl (C=O) groups excluding carboxylic acids is 2. The quantitative estimate of drug-likeness (QED) is 0.289. The molecular weight excluding hydrogens is 444 g/mol. The maximum Gasteiger partial charge on any atom is 0.233 e. The zero-order valence-corrected chi connectivity index (χ0v) is 20.7. The molecule has 176 valence electrons. The highest BCUT2D eigenvalue weighted by Gasteiger charge is 2.28. The number of thioether (sulfide) groups is 1. The molecule has 2 heterocycles. The van der Waals surface area contributed by atoms with Gasteiger partial charge in [-0.3, -0.25) is 14.5 Å². The molecule has 2 aromatic carbocycles. The first-order chi connectivity index (χ1) is 16.4. The number of piperazine rings is 1. The molecule has 0 aliphatic carbocycles. The van der Waals surface area contributed by atoms with E-state index in [2.05, 4.69) is 63.4 Å². The summed E-state index contributed by atoms with van der Waals surface area (Å²) in [6.45, 7) is 8.09. The minimum absolute atomic E-state index is 0.0732. The number of Topliss-reactive ketones (excluding diaryl/α,β-unsaturated/α-hetero) is 1. The van der Waals surface area contributed by atoms with Gasteiger partial charge in [-0.25, -0.2) is 9.97 Å². The van der Waals surface area contributed by atoms with Gasteiger partial charge in [-0.15, -0.1) is 0 Å². The lowest BCUT2D eigenvalue weighted by molar-refractivity contribution is -0.130. The first-order valence-corrected chi connectivity index (χ1v) is 12.5. The van der Waals surface area contributed by atoms with E-state index in [1.54, 1.807) is 6.92 Å². The van der Waals surface area contributed by atoms with Gasteiger partial charge in [-0.05, 0) is 31.9 Å². The highest BCUT2D eigenvalue weighted by atomic mass is 32.2. The van der Waals surface area contributed by atoms with Gasteiger partial charge in [0.1, 0.15) is 10.9 Å². The van der Waals surface area contributed by atoms with Gasteiger partial charge >= 0.3 is 0 Å². The monoisotopic (exact) mass is 474 g/mol. The van der Waals surface area contributed by atoms with Crippen molar-refractivity contribution in [2.45, 2.75) is 31.8 Å². The van der Waals surface area contributed by atoms with Crippen molar-refractivity contribution in [3.05, 3.63) is 88.9 Å². The van der Waals surface area contributed by atoms with Crippen molar-refractivity contribution in [2.24, 2.45) is 0 Å². The largest absolute Gasteiger partial charge is 0.339 e. The average molecular weight is 475 g/mol. The maximum atomic E-state index is 13.0. The number of hydrogen-bond donors (Lipinski definition) is 0. The normalized spacial score (nSPS) is 14.4. The maximum absolute atomic E-state index is 13.0. The van der Waals surface area contributed by atoms with E-state index in [1.165, 1.54) is 29.8 Å². The van der Waals surface area contributed by atoms with Crippen molar-refractivity contribution in [3.8, 4) is 0 Å². The lowest BCUT2D eigenvalue weighted by Crippen LogP contribution is -2.50. The van der Waals surface area contributed by atoms with Crippen molar-refractivity contribution in [3.63, 3.8) is 0 Å². The predicted octanol–water partition coefficient (Wildman–Crippen LogP) is 4.32. The number of rotatable bonds is 7. The number of ketones is 1. The lowest BCUT2D eigenvalue weighted by atomic mass is 9.96. The van der Waals surface area contributed by atoms with Crippen LogP contribution in [0.15, 0.2) is 65.7 Å². The van der Waals surface area contributed by atoms with Crippen molar-refractivity contribution in [1.82, 2.24) is 19.8 Å². The summed E-state index contributed by atoms with van der Waals surface area (Å²) in [6.07, 6.45) is 0. The molecule has 1 aliphatic heterocycles. The van der Waals surface area contributed by atoms with Crippen LogP contribution in [0.5, 0.6) is 0 Å². The van der Waals surface area contributed by atoms with E-state index >= 15 is 0 Å². The summed E-state index contributed by atoms with van der Waals surface area (Å²) < 4.78 is 0. The molecule has 1 aromatic heterocycles. The third-order valence-corrected chi connectivity index (χ3v) is 7.08.